The average Bonchev–Trinajstić information content (AvgIpc) is 3.08. The maximum absolute atomic E-state index is 11.9. The fraction of sp³-hybridized carbons (Fsp3) is 0.0625. The van der Waals surface area contributed by atoms with Crippen LogP contribution >= 0.6 is 11.8 Å². The minimum atomic E-state index is -0.0751. The Hall–Kier alpha value is -2.60. The third-order valence-corrected chi connectivity index (χ3v) is 3.89. The smallest absolute Gasteiger partial charge is 0.234 e. The first kappa shape index (κ1) is 14.3. The van der Waals surface area contributed by atoms with E-state index in [1.807, 2.05) is 42.5 Å². The summed E-state index contributed by atoms with van der Waals surface area (Å²) in [5.74, 6) is 0.212. The zero-order chi connectivity index (χ0) is 15.2. The molecule has 0 unspecified atom stereocenters. The lowest BCUT2D eigenvalue weighted by Crippen LogP contribution is -2.14. The Morgan fingerprint density at radius 3 is 2.45 bits per heavy atom. The number of aromatic amines is 1. The zero-order valence-electron chi connectivity index (χ0n) is 11.7. The molecule has 1 amide bonds. The molecule has 0 bridgehead atoms. The molecule has 0 aliphatic carbocycles. The molecule has 1 heterocycles. The van der Waals surface area contributed by atoms with E-state index in [1.54, 1.807) is 0 Å². The molecule has 0 radical (unpaired) electrons. The lowest BCUT2D eigenvalue weighted by molar-refractivity contribution is -0.113. The van der Waals surface area contributed by atoms with Gasteiger partial charge in [-0.1, -0.05) is 54.2 Å². The van der Waals surface area contributed by atoms with Crippen LogP contribution in [0.25, 0.3) is 11.1 Å². The number of hydrogen-bond donors (Lipinski definition) is 2. The van der Waals surface area contributed by atoms with Gasteiger partial charge in [-0.2, -0.15) is 0 Å². The van der Waals surface area contributed by atoms with Gasteiger partial charge >= 0.3 is 0 Å². The maximum atomic E-state index is 11.9. The van der Waals surface area contributed by atoms with Crippen LogP contribution in [0.15, 0.2) is 66.1 Å². The number of amides is 1. The van der Waals surface area contributed by atoms with Crippen LogP contribution in [0.5, 0.6) is 0 Å². The van der Waals surface area contributed by atoms with Crippen LogP contribution in [0.4, 0.5) is 5.69 Å². The molecule has 2 aromatic carbocycles. The van der Waals surface area contributed by atoms with Crippen LogP contribution < -0.4 is 5.32 Å². The van der Waals surface area contributed by atoms with Crippen molar-refractivity contribution in [1.82, 2.24) is 15.2 Å². The van der Waals surface area contributed by atoms with Gasteiger partial charge in [0.2, 0.25) is 5.91 Å². The van der Waals surface area contributed by atoms with Crippen molar-refractivity contribution in [3.8, 4) is 11.1 Å². The molecule has 5 nitrogen and oxygen atoms in total. The third-order valence-electron chi connectivity index (χ3n) is 3.01. The molecule has 110 valence electrons. The molecular formula is C16H14N4OS. The minimum absolute atomic E-state index is 0.0751. The molecule has 0 aliphatic heterocycles. The summed E-state index contributed by atoms with van der Waals surface area (Å²) in [7, 11) is 0. The third kappa shape index (κ3) is 3.73. The highest BCUT2D eigenvalue weighted by molar-refractivity contribution is 7.99. The van der Waals surface area contributed by atoms with Gasteiger partial charge in [-0.25, -0.2) is 0 Å². The molecule has 0 aliphatic rings. The van der Waals surface area contributed by atoms with Gasteiger partial charge < -0.3 is 10.3 Å². The number of nitrogens with one attached hydrogen (secondary N) is 2. The fourth-order valence-corrected chi connectivity index (χ4v) is 2.55. The molecule has 2 N–H and O–H groups in total. The van der Waals surface area contributed by atoms with E-state index in [4.69, 9.17) is 0 Å². The summed E-state index contributed by atoms with van der Waals surface area (Å²) in [5.41, 5.74) is 3.05. The number of aromatic nitrogens is 3. The second-order valence-electron chi connectivity index (χ2n) is 4.57. The minimum Gasteiger partial charge on any atom is -0.325 e. The topological polar surface area (TPSA) is 70.7 Å². The Labute approximate surface area is 132 Å². The van der Waals surface area contributed by atoms with Crippen molar-refractivity contribution in [1.29, 1.82) is 0 Å². The van der Waals surface area contributed by atoms with Crippen LogP contribution in [0, 0.1) is 0 Å². The maximum Gasteiger partial charge on any atom is 0.234 e. The first-order valence-corrected chi connectivity index (χ1v) is 7.74. The van der Waals surface area contributed by atoms with Crippen LogP contribution in [-0.4, -0.2) is 26.8 Å². The van der Waals surface area contributed by atoms with E-state index in [9.17, 15) is 4.79 Å². The van der Waals surface area contributed by atoms with Crippen LogP contribution in [0.3, 0.4) is 0 Å². The summed E-state index contributed by atoms with van der Waals surface area (Å²) in [6.45, 7) is 0. The Bertz CT molecular complexity index is 727. The summed E-state index contributed by atoms with van der Waals surface area (Å²) >= 11 is 1.31. The number of nitrogens with zero attached hydrogens (tertiary/aromatic N) is 2. The Morgan fingerprint density at radius 1 is 1.05 bits per heavy atom. The number of hydrogen-bond acceptors (Lipinski definition) is 4. The van der Waals surface area contributed by atoms with Crippen molar-refractivity contribution in [2.45, 2.75) is 5.16 Å². The first-order valence-electron chi connectivity index (χ1n) is 6.75. The summed E-state index contributed by atoms with van der Waals surface area (Å²) in [5, 5.41) is 11.0. The molecule has 1 aromatic heterocycles. The van der Waals surface area contributed by atoms with Crippen molar-refractivity contribution in [3.05, 3.63) is 60.9 Å². The number of carbonyl (C=O) groups excluding carboxylic acids is 1. The highest BCUT2D eigenvalue weighted by Crippen LogP contribution is 2.21. The lowest BCUT2D eigenvalue weighted by Gasteiger charge is -2.06. The summed E-state index contributed by atoms with van der Waals surface area (Å²) in [6, 6.07) is 17.9. The van der Waals surface area contributed by atoms with Crippen molar-refractivity contribution in [2.24, 2.45) is 0 Å². The normalized spacial score (nSPS) is 10.4. The zero-order valence-corrected chi connectivity index (χ0v) is 12.5. The Kier molecular flexibility index (Phi) is 4.50. The Balaban J connectivity index is 1.58. The summed E-state index contributed by atoms with van der Waals surface area (Å²) in [4.78, 5) is 14.7. The molecule has 0 saturated carbocycles. The highest BCUT2D eigenvalue weighted by Gasteiger charge is 2.05. The molecule has 0 fully saturated rings. The van der Waals surface area contributed by atoms with Crippen molar-refractivity contribution < 1.29 is 4.79 Å². The molecule has 3 aromatic rings. The number of H-pyrrole nitrogens is 1. The van der Waals surface area contributed by atoms with Crippen LogP contribution in [0.1, 0.15) is 0 Å². The highest BCUT2D eigenvalue weighted by atomic mass is 32.2. The van der Waals surface area contributed by atoms with E-state index in [2.05, 4.69) is 32.6 Å². The van der Waals surface area contributed by atoms with Gasteiger partial charge in [0, 0.05) is 5.69 Å². The van der Waals surface area contributed by atoms with E-state index in [0.29, 0.717) is 5.16 Å². The van der Waals surface area contributed by atoms with E-state index < -0.39 is 0 Å². The predicted octanol–water partition coefficient (Wildman–Crippen LogP) is 3.20. The molecule has 0 atom stereocenters. The number of anilines is 1. The van der Waals surface area contributed by atoms with E-state index in [0.717, 1.165) is 16.8 Å². The SMILES string of the molecule is O=C(CSc1nnc[nH]1)Nc1ccc(-c2ccccc2)cc1. The van der Waals surface area contributed by atoms with Crippen LogP contribution in [-0.2, 0) is 4.79 Å². The molecular weight excluding hydrogens is 296 g/mol. The van der Waals surface area contributed by atoms with Crippen molar-refractivity contribution in [3.63, 3.8) is 0 Å². The standard InChI is InChI=1S/C16H14N4OS/c21-15(10-22-16-17-11-18-20-16)19-14-8-6-13(7-9-14)12-4-2-1-3-5-12/h1-9,11H,10H2,(H,19,21)(H,17,18,20). The van der Waals surface area contributed by atoms with Crippen molar-refractivity contribution >= 4 is 23.4 Å². The molecule has 0 spiro atoms. The van der Waals surface area contributed by atoms with Gasteiger partial charge in [-0.15, -0.1) is 10.2 Å². The van der Waals surface area contributed by atoms with Gasteiger partial charge in [-0.3, -0.25) is 4.79 Å². The van der Waals surface area contributed by atoms with Crippen LogP contribution in [0.2, 0.25) is 0 Å². The first-order chi connectivity index (χ1) is 10.8. The summed E-state index contributed by atoms with van der Waals surface area (Å²) < 4.78 is 0. The van der Waals surface area contributed by atoms with E-state index in [1.165, 1.54) is 18.1 Å². The number of thioether (sulfide) groups is 1. The number of benzene rings is 2. The molecule has 6 heteroatoms. The van der Waals surface area contributed by atoms with Gasteiger partial charge in [0.1, 0.15) is 6.33 Å². The second-order valence-corrected chi connectivity index (χ2v) is 5.54. The van der Waals surface area contributed by atoms with E-state index >= 15 is 0 Å². The van der Waals surface area contributed by atoms with Gasteiger partial charge in [0.25, 0.3) is 0 Å². The van der Waals surface area contributed by atoms with E-state index in [-0.39, 0.29) is 11.7 Å². The average molecular weight is 310 g/mol. The Morgan fingerprint density at radius 2 is 1.77 bits per heavy atom. The van der Waals surface area contributed by atoms with Gasteiger partial charge in [0.05, 0.1) is 5.75 Å². The predicted molar refractivity (Wildman–Crippen MR) is 87.6 cm³/mol. The number of rotatable bonds is 5. The monoisotopic (exact) mass is 310 g/mol. The van der Waals surface area contributed by atoms with Crippen molar-refractivity contribution in [2.75, 3.05) is 11.1 Å². The number of carbonyl (C=O) groups is 1. The molecule has 22 heavy (non-hydrogen) atoms. The molecule has 0 saturated heterocycles. The quantitative estimate of drug-likeness (QED) is 0.710. The second kappa shape index (κ2) is 6.91. The largest absolute Gasteiger partial charge is 0.325 e. The lowest BCUT2D eigenvalue weighted by atomic mass is 10.1. The van der Waals surface area contributed by atoms with Gasteiger partial charge in [0.15, 0.2) is 5.16 Å². The summed E-state index contributed by atoms with van der Waals surface area (Å²) in [6.07, 6.45) is 1.49. The van der Waals surface area contributed by atoms with Gasteiger partial charge in [-0.05, 0) is 23.3 Å². The fourth-order valence-electron chi connectivity index (χ4n) is 1.97. The molecule has 3 rings (SSSR count).